The molecule has 0 aliphatic heterocycles. The lowest BCUT2D eigenvalue weighted by molar-refractivity contribution is 0.939. The molecule has 0 radical (unpaired) electrons. The summed E-state index contributed by atoms with van der Waals surface area (Å²) in [5, 5.41) is 0. The van der Waals surface area contributed by atoms with Crippen molar-refractivity contribution < 1.29 is 0 Å². The standard InChI is InChI=1S/C16H15Br3/c1-10-3-4-12(7-11(10)2)8-16(19)14-9-13(17)5-6-15(14)18/h3-7,9,16H,8H2,1-2H3. The minimum atomic E-state index is 0.307. The normalized spacial score (nSPS) is 12.5. The van der Waals surface area contributed by atoms with Gasteiger partial charge in [-0.15, -0.1) is 0 Å². The highest BCUT2D eigenvalue weighted by atomic mass is 79.9. The maximum absolute atomic E-state index is 3.80. The molecule has 0 saturated heterocycles. The maximum atomic E-state index is 3.80. The summed E-state index contributed by atoms with van der Waals surface area (Å²) in [5.74, 6) is 0. The third kappa shape index (κ3) is 3.93. The molecule has 0 amide bonds. The average molecular weight is 447 g/mol. The molecular formula is C16H15Br3. The van der Waals surface area contributed by atoms with Gasteiger partial charge >= 0.3 is 0 Å². The van der Waals surface area contributed by atoms with Crippen molar-refractivity contribution in [2.45, 2.75) is 25.1 Å². The van der Waals surface area contributed by atoms with E-state index in [9.17, 15) is 0 Å². The van der Waals surface area contributed by atoms with E-state index in [0.717, 1.165) is 15.4 Å². The summed E-state index contributed by atoms with van der Waals surface area (Å²) in [7, 11) is 0. The van der Waals surface area contributed by atoms with Crippen molar-refractivity contribution in [3.63, 3.8) is 0 Å². The molecule has 2 rings (SSSR count). The summed E-state index contributed by atoms with van der Waals surface area (Å²) in [5.41, 5.74) is 5.33. The van der Waals surface area contributed by atoms with Crippen LogP contribution in [0.3, 0.4) is 0 Å². The molecule has 0 heterocycles. The van der Waals surface area contributed by atoms with Crippen molar-refractivity contribution in [3.05, 3.63) is 67.6 Å². The Hall–Kier alpha value is -0.120. The number of rotatable bonds is 3. The van der Waals surface area contributed by atoms with Gasteiger partial charge in [0.15, 0.2) is 0 Å². The Bertz CT molecular complexity index is 591. The first-order chi connectivity index (χ1) is 8.97. The number of halogens is 3. The first-order valence-electron chi connectivity index (χ1n) is 6.12. The van der Waals surface area contributed by atoms with Crippen LogP contribution in [0.25, 0.3) is 0 Å². The second-order valence-electron chi connectivity index (χ2n) is 4.76. The smallest absolute Gasteiger partial charge is 0.0447 e. The number of benzene rings is 2. The van der Waals surface area contributed by atoms with Crippen molar-refractivity contribution in [3.8, 4) is 0 Å². The van der Waals surface area contributed by atoms with E-state index in [1.54, 1.807) is 0 Å². The fourth-order valence-electron chi connectivity index (χ4n) is 2.00. The van der Waals surface area contributed by atoms with E-state index in [1.807, 2.05) is 6.07 Å². The first-order valence-corrected chi connectivity index (χ1v) is 8.62. The SMILES string of the molecule is Cc1ccc(CC(Br)c2cc(Br)ccc2Br)cc1C. The van der Waals surface area contributed by atoms with Gasteiger partial charge in [0.2, 0.25) is 0 Å². The largest absolute Gasteiger partial charge is 0.0835 e. The van der Waals surface area contributed by atoms with Crippen LogP contribution in [0, 0.1) is 13.8 Å². The summed E-state index contributed by atoms with van der Waals surface area (Å²) in [6, 6.07) is 13.0. The van der Waals surface area contributed by atoms with Crippen LogP contribution in [0.15, 0.2) is 45.3 Å². The van der Waals surface area contributed by atoms with Crippen LogP contribution in [0.5, 0.6) is 0 Å². The van der Waals surface area contributed by atoms with E-state index in [1.165, 1.54) is 22.3 Å². The molecule has 2 aromatic carbocycles. The van der Waals surface area contributed by atoms with Crippen molar-refractivity contribution in [1.82, 2.24) is 0 Å². The van der Waals surface area contributed by atoms with Gasteiger partial charge in [0, 0.05) is 13.8 Å². The van der Waals surface area contributed by atoms with Gasteiger partial charge in [-0.3, -0.25) is 0 Å². The topological polar surface area (TPSA) is 0 Å². The molecule has 1 atom stereocenters. The second-order valence-corrected chi connectivity index (χ2v) is 7.63. The fourth-order valence-corrected chi connectivity index (χ4v) is 3.96. The van der Waals surface area contributed by atoms with Crippen LogP contribution in [-0.4, -0.2) is 0 Å². The molecule has 2 aromatic rings. The molecule has 0 aromatic heterocycles. The van der Waals surface area contributed by atoms with Gasteiger partial charge in [0.25, 0.3) is 0 Å². The third-order valence-electron chi connectivity index (χ3n) is 3.28. The average Bonchev–Trinajstić information content (AvgIpc) is 2.36. The van der Waals surface area contributed by atoms with E-state index in [-0.39, 0.29) is 0 Å². The van der Waals surface area contributed by atoms with Gasteiger partial charge in [0.05, 0.1) is 0 Å². The first kappa shape index (κ1) is 15.3. The highest BCUT2D eigenvalue weighted by Gasteiger charge is 2.12. The summed E-state index contributed by atoms with van der Waals surface area (Å²) in [6.45, 7) is 4.31. The van der Waals surface area contributed by atoms with Gasteiger partial charge < -0.3 is 0 Å². The predicted octanol–water partition coefficient (Wildman–Crippen LogP) is 6.51. The quantitative estimate of drug-likeness (QED) is 0.471. The molecule has 0 aliphatic carbocycles. The van der Waals surface area contributed by atoms with Gasteiger partial charge in [-0.25, -0.2) is 0 Å². The van der Waals surface area contributed by atoms with Gasteiger partial charge in [0.1, 0.15) is 0 Å². The molecule has 0 nitrogen and oxygen atoms in total. The highest BCUT2D eigenvalue weighted by molar-refractivity contribution is 9.11. The van der Waals surface area contributed by atoms with E-state index < -0.39 is 0 Å². The lowest BCUT2D eigenvalue weighted by atomic mass is 10.0. The van der Waals surface area contributed by atoms with Crippen molar-refractivity contribution in [1.29, 1.82) is 0 Å². The Kier molecular flexibility index (Phi) is 5.27. The Balaban J connectivity index is 2.22. The van der Waals surface area contributed by atoms with Crippen LogP contribution < -0.4 is 0 Å². The number of alkyl halides is 1. The van der Waals surface area contributed by atoms with Gasteiger partial charge in [-0.1, -0.05) is 66.0 Å². The van der Waals surface area contributed by atoms with Crippen LogP contribution in [-0.2, 0) is 6.42 Å². The maximum Gasteiger partial charge on any atom is 0.0447 e. The van der Waals surface area contributed by atoms with Crippen molar-refractivity contribution in [2.24, 2.45) is 0 Å². The van der Waals surface area contributed by atoms with E-state index in [4.69, 9.17) is 0 Å². The molecule has 0 saturated carbocycles. The molecular weight excluding hydrogens is 432 g/mol. The fraction of sp³-hybridized carbons (Fsp3) is 0.250. The summed E-state index contributed by atoms with van der Waals surface area (Å²) in [6.07, 6.45) is 0.982. The van der Waals surface area contributed by atoms with Crippen LogP contribution in [0.2, 0.25) is 0 Å². The summed E-state index contributed by atoms with van der Waals surface area (Å²) >= 11 is 10.9. The monoisotopic (exact) mass is 444 g/mol. The zero-order chi connectivity index (χ0) is 14.0. The second kappa shape index (κ2) is 6.55. The van der Waals surface area contributed by atoms with E-state index in [2.05, 4.69) is 92.0 Å². The number of hydrogen-bond donors (Lipinski definition) is 0. The number of hydrogen-bond acceptors (Lipinski definition) is 0. The molecule has 0 aliphatic rings. The van der Waals surface area contributed by atoms with E-state index in [0.29, 0.717) is 4.83 Å². The van der Waals surface area contributed by atoms with Gasteiger partial charge in [-0.05, 0) is 60.7 Å². The van der Waals surface area contributed by atoms with Crippen LogP contribution in [0.1, 0.15) is 27.1 Å². The Labute approximate surface area is 140 Å². The zero-order valence-electron chi connectivity index (χ0n) is 10.9. The van der Waals surface area contributed by atoms with Crippen LogP contribution >= 0.6 is 47.8 Å². The van der Waals surface area contributed by atoms with Gasteiger partial charge in [-0.2, -0.15) is 0 Å². The molecule has 19 heavy (non-hydrogen) atoms. The van der Waals surface area contributed by atoms with Crippen LogP contribution in [0.4, 0.5) is 0 Å². The Morgan fingerprint density at radius 3 is 2.37 bits per heavy atom. The van der Waals surface area contributed by atoms with Crippen molar-refractivity contribution >= 4 is 47.8 Å². The molecule has 0 N–H and O–H groups in total. The Morgan fingerprint density at radius 1 is 0.947 bits per heavy atom. The zero-order valence-corrected chi connectivity index (χ0v) is 15.6. The summed E-state index contributed by atoms with van der Waals surface area (Å²) in [4.78, 5) is 0.307. The molecule has 0 fully saturated rings. The molecule has 100 valence electrons. The number of aryl methyl sites for hydroxylation is 2. The third-order valence-corrected chi connectivity index (χ3v) is 5.31. The molecule has 3 heteroatoms. The lowest BCUT2D eigenvalue weighted by Gasteiger charge is -2.14. The minimum Gasteiger partial charge on any atom is -0.0835 e. The minimum absolute atomic E-state index is 0.307. The predicted molar refractivity (Wildman–Crippen MR) is 93.1 cm³/mol. The summed E-state index contributed by atoms with van der Waals surface area (Å²) < 4.78 is 2.25. The Morgan fingerprint density at radius 2 is 1.68 bits per heavy atom. The molecule has 1 unspecified atom stereocenters. The molecule has 0 bridgehead atoms. The van der Waals surface area contributed by atoms with E-state index >= 15 is 0 Å². The lowest BCUT2D eigenvalue weighted by Crippen LogP contribution is -1.97. The highest BCUT2D eigenvalue weighted by Crippen LogP contribution is 2.34. The van der Waals surface area contributed by atoms with Crippen molar-refractivity contribution in [2.75, 3.05) is 0 Å². The molecule has 0 spiro atoms.